The van der Waals surface area contributed by atoms with Gasteiger partial charge in [-0.25, -0.2) is 0 Å². The van der Waals surface area contributed by atoms with Crippen LogP contribution in [-0.2, 0) is 9.59 Å². The summed E-state index contributed by atoms with van der Waals surface area (Å²) >= 11 is 0. The van der Waals surface area contributed by atoms with E-state index in [4.69, 9.17) is 0 Å². The first-order valence-electron chi connectivity index (χ1n) is 14.1. The first kappa shape index (κ1) is 20.3. The molecule has 8 aliphatic carbocycles. The highest BCUT2D eigenvalue weighted by molar-refractivity contribution is 5.84. The van der Waals surface area contributed by atoms with Gasteiger partial charge < -0.3 is 9.80 Å². The molecule has 8 saturated carbocycles. The summed E-state index contributed by atoms with van der Waals surface area (Å²) in [6.45, 7) is 3.39. The van der Waals surface area contributed by atoms with E-state index in [0.29, 0.717) is 11.8 Å². The molecule has 8 bridgehead atoms. The summed E-state index contributed by atoms with van der Waals surface area (Å²) in [6, 6.07) is 0. The molecule has 0 unspecified atom stereocenters. The maximum absolute atomic E-state index is 13.9. The van der Waals surface area contributed by atoms with Gasteiger partial charge in [0.1, 0.15) is 0 Å². The number of rotatable bonds is 2. The summed E-state index contributed by atoms with van der Waals surface area (Å²) in [5.41, 5.74) is -0.0780. The van der Waals surface area contributed by atoms with Crippen molar-refractivity contribution in [1.82, 2.24) is 9.80 Å². The van der Waals surface area contributed by atoms with Gasteiger partial charge in [0.2, 0.25) is 11.8 Å². The fraction of sp³-hybridized carbons (Fsp3) is 0.929. The molecule has 0 aromatic rings. The molecule has 4 heteroatoms. The fourth-order valence-electron chi connectivity index (χ4n) is 10.9. The van der Waals surface area contributed by atoms with Crippen molar-refractivity contribution >= 4 is 11.8 Å². The van der Waals surface area contributed by atoms with E-state index in [1.165, 1.54) is 38.5 Å². The van der Waals surface area contributed by atoms with Crippen molar-refractivity contribution in [1.29, 1.82) is 0 Å². The van der Waals surface area contributed by atoms with Crippen molar-refractivity contribution in [2.75, 3.05) is 26.2 Å². The smallest absolute Gasteiger partial charge is 0.228 e. The van der Waals surface area contributed by atoms with Crippen molar-refractivity contribution in [3.63, 3.8) is 0 Å². The first-order valence-corrected chi connectivity index (χ1v) is 14.1. The van der Waals surface area contributed by atoms with E-state index in [-0.39, 0.29) is 10.8 Å². The minimum Gasteiger partial charge on any atom is -0.340 e. The van der Waals surface area contributed by atoms with Gasteiger partial charge in [0.25, 0.3) is 0 Å². The van der Waals surface area contributed by atoms with Crippen molar-refractivity contribution in [3.05, 3.63) is 0 Å². The van der Waals surface area contributed by atoms with Crippen molar-refractivity contribution in [2.24, 2.45) is 46.3 Å². The van der Waals surface area contributed by atoms with Crippen LogP contribution >= 0.6 is 0 Å². The Hall–Kier alpha value is -1.06. The number of nitrogens with zero attached hydrogens (tertiary/aromatic N) is 2. The normalized spacial score (nSPS) is 49.2. The first-order chi connectivity index (χ1) is 15.5. The standard InChI is InChI=1S/C28H42N2O2/c31-25(27-13-19-7-20(14-27)9-21(8-19)15-27)29-3-1-2-4-30(6-5-29)26(32)28-16-22-10-23(17-28)12-24(11-22)18-28/h19-24H,1-18H2. The number of carbonyl (C=O) groups is 2. The Kier molecular flexibility index (Phi) is 4.58. The van der Waals surface area contributed by atoms with Crippen LogP contribution in [0.25, 0.3) is 0 Å². The Labute approximate surface area is 193 Å². The number of amides is 2. The summed E-state index contributed by atoms with van der Waals surface area (Å²) in [5.74, 6) is 5.83. The molecule has 0 radical (unpaired) electrons. The highest BCUT2D eigenvalue weighted by Crippen LogP contribution is 2.62. The van der Waals surface area contributed by atoms with E-state index in [9.17, 15) is 9.59 Å². The van der Waals surface area contributed by atoms with Gasteiger partial charge in [-0.15, -0.1) is 0 Å². The lowest BCUT2D eigenvalue weighted by molar-refractivity contribution is -0.162. The number of hydrogen-bond donors (Lipinski definition) is 0. The van der Waals surface area contributed by atoms with Gasteiger partial charge in [-0.2, -0.15) is 0 Å². The molecule has 176 valence electrons. The molecule has 1 aliphatic heterocycles. The molecule has 1 heterocycles. The maximum Gasteiger partial charge on any atom is 0.228 e. The number of hydrogen-bond acceptors (Lipinski definition) is 2. The highest BCUT2D eigenvalue weighted by Gasteiger charge is 2.57. The van der Waals surface area contributed by atoms with Crippen LogP contribution < -0.4 is 0 Å². The molecular weight excluding hydrogens is 396 g/mol. The Morgan fingerprint density at radius 1 is 0.469 bits per heavy atom. The van der Waals surface area contributed by atoms with E-state index >= 15 is 0 Å². The summed E-state index contributed by atoms with van der Waals surface area (Å²) in [5, 5.41) is 0. The van der Waals surface area contributed by atoms with Gasteiger partial charge in [0, 0.05) is 26.2 Å². The third kappa shape index (κ3) is 3.13. The topological polar surface area (TPSA) is 40.6 Å². The van der Waals surface area contributed by atoms with Crippen LogP contribution in [0.3, 0.4) is 0 Å². The van der Waals surface area contributed by atoms with Crippen molar-refractivity contribution in [3.8, 4) is 0 Å². The monoisotopic (exact) mass is 438 g/mol. The molecule has 0 spiro atoms. The lowest BCUT2D eigenvalue weighted by atomic mass is 9.49. The van der Waals surface area contributed by atoms with Crippen LogP contribution in [0.4, 0.5) is 0 Å². The Bertz CT molecular complexity index is 667. The molecule has 0 aromatic heterocycles. The van der Waals surface area contributed by atoms with Crippen LogP contribution in [0.1, 0.15) is 89.9 Å². The highest BCUT2D eigenvalue weighted by atomic mass is 16.2. The van der Waals surface area contributed by atoms with E-state index in [0.717, 1.165) is 113 Å². The van der Waals surface area contributed by atoms with Gasteiger partial charge in [0.05, 0.1) is 10.8 Å². The van der Waals surface area contributed by atoms with E-state index in [2.05, 4.69) is 9.80 Å². The van der Waals surface area contributed by atoms with Crippen molar-refractivity contribution in [2.45, 2.75) is 89.9 Å². The Morgan fingerprint density at radius 2 is 0.750 bits per heavy atom. The predicted molar refractivity (Wildman–Crippen MR) is 124 cm³/mol. The minimum atomic E-state index is -0.0390. The Balaban J connectivity index is 1.06. The lowest BCUT2D eigenvalue weighted by Crippen LogP contribution is -2.58. The molecule has 0 aromatic carbocycles. The van der Waals surface area contributed by atoms with Crippen LogP contribution in [0.2, 0.25) is 0 Å². The Morgan fingerprint density at radius 3 is 1.03 bits per heavy atom. The average Bonchev–Trinajstić information content (AvgIpc) is 2.71. The summed E-state index contributed by atoms with van der Waals surface area (Å²) in [7, 11) is 0. The summed E-state index contributed by atoms with van der Waals surface area (Å²) < 4.78 is 0. The lowest BCUT2D eigenvalue weighted by Gasteiger charge is -2.57. The molecule has 9 aliphatic rings. The van der Waals surface area contributed by atoms with Gasteiger partial charge in [-0.05, 0) is 125 Å². The zero-order valence-electron chi connectivity index (χ0n) is 19.9. The molecule has 0 atom stereocenters. The molecule has 4 nitrogen and oxygen atoms in total. The zero-order chi connectivity index (χ0) is 21.5. The third-order valence-electron chi connectivity index (χ3n) is 11.3. The van der Waals surface area contributed by atoms with E-state index < -0.39 is 0 Å². The maximum atomic E-state index is 13.9. The molecule has 0 N–H and O–H groups in total. The summed E-state index contributed by atoms with van der Waals surface area (Å²) in [4.78, 5) is 32.3. The molecule has 32 heavy (non-hydrogen) atoms. The van der Waals surface area contributed by atoms with E-state index in [1.807, 2.05) is 0 Å². The molecule has 1 saturated heterocycles. The largest absolute Gasteiger partial charge is 0.340 e. The molecule has 9 fully saturated rings. The second-order valence-electron chi connectivity index (χ2n) is 13.7. The van der Waals surface area contributed by atoms with Crippen LogP contribution in [-0.4, -0.2) is 47.8 Å². The quantitative estimate of drug-likeness (QED) is 0.617. The third-order valence-corrected chi connectivity index (χ3v) is 11.3. The second kappa shape index (κ2) is 7.22. The van der Waals surface area contributed by atoms with Gasteiger partial charge in [-0.1, -0.05) is 0 Å². The number of carbonyl (C=O) groups excluding carboxylic acids is 2. The van der Waals surface area contributed by atoms with Crippen molar-refractivity contribution < 1.29 is 9.59 Å². The molecule has 2 amide bonds. The summed E-state index contributed by atoms with van der Waals surface area (Å²) in [6.07, 6.45) is 17.4. The van der Waals surface area contributed by atoms with E-state index in [1.54, 1.807) is 0 Å². The van der Waals surface area contributed by atoms with Gasteiger partial charge >= 0.3 is 0 Å². The van der Waals surface area contributed by atoms with Crippen LogP contribution in [0, 0.1) is 46.3 Å². The minimum absolute atomic E-state index is 0.0390. The predicted octanol–water partition coefficient (Wildman–Crippen LogP) is 4.87. The van der Waals surface area contributed by atoms with Crippen LogP contribution in [0.5, 0.6) is 0 Å². The average molecular weight is 439 g/mol. The SMILES string of the molecule is O=C(N1CCCCN(C(=O)C23CC4CC(CC(C4)C2)C3)CC1)C12CC3CC(CC(C3)C1)C2. The van der Waals surface area contributed by atoms with Gasteiger partial charge in [-0.3, -0.25) is 9.59 Å². The van der Waals surface area contributed by atoms with Crippen LogP contribution in [0.15, 0.2) is 0 Å². The second-order valence-corrected chi connectivity index (χ2v) is 13.7. The van der Waals surface area contributed by atoms with Gasteiger partial charge in [0.15, 0.2) is 0 Å². The molecular formula is C28H42N2O2. The zero-order valence-corrected chi connectivity index (χ0v) is 19.9. The molecule has 9 rings (SSSR count). The fourth-order valence-corrected chi connectivity index (χ4v) is 10.9.